The first-order valence-electron chi connectivity index (χ1n) is 7.31. The van der Waals surface area contributed by atoms with Crippen LogP contribution in [0.1, 0.15) is 18.1 Å². The van der Waals surface area contributed by atoms with Crippen LogP contribution in [0.4, 0.5) is 4.39 Å². The van der Waals surface area contributed by atoms with E-state index in [-0.39, 0.29) is 11.9 Å². The van der Waals surface area contributed by atoms with Gasteiger partial charge in [-0.15, -0.1) is 11.3 Å². The molecule has 0 amide bonds. The average Bonchev–Trinajstić information content (AvgIpc) is 3.05. The molecule has 1 atom stereocenters. The van der Waals surface area contributed by atoms with Gasteiger partial charge in [0.25, 0.3) is 0 Å². The molecule has 0 spiro atoms. The monoisotopic (exact) mass is 315 g/mol. The Hall–Kier alpha value is -1.91. The van der Waals surface area contributed by atoms with Crippen LogP contribution < -0.4 is 10.1 Å². The maximum atomic E-state index is 13.8. The van der Waals surface area contributed by atoms with Gasteiger partial charge in [0, 0.05) is 11.8 Å². The third-order valence-electron chi connectivity index (χ3n) is 3.63. The van der Waals surface area contributed by atoms with Gasteiger partial charge in [-0.2, -0.15) is 0 Å². The summed E-state index contributed by atoms with van der Waals surface area (Å²) >= 11 is 1.40. The van der Waals surface area contributed by atoms with Gasteiger partial charge >= 0.3 is 0 Å². The Bertz CT molecular complexity index is 741. The Balaban J connectivity index is 1.92. The fraction of sp³-hybridized carbons (Fsp3) is 0.222. The summed E-state index contributed by atoms with van der Waals surface area (Å²) in [5.41, 5.74) is 1.13. The number of nitrogens with one attached hydrogen (secondary N) is 1. The quantitative estimate of drug-likeness (QED) is 0.707. The first-order valence-corrected chi connectivity index (χ1v) is 8.19. The van der Waals surface area contributed by atoms with Crippen molar-refractivity contribution >= 4 is 21.4 Å². The third kappa shape index (κ3) is 3.13. The highest BCUT2D eigenvalue weighted by atomic mass is 32.1. The van der Waals surface area contributed by atoms with Gasteiger partial charge in [0.1, 0.15) is 17.7 Å². The van der Waals surface area contributed by atoms with Crippen molar-refractivity contribution in [3.63, 3.8) is 0 Å². The van der Waals surface area contributed by atoms with Gasteiger partial charge in [0.2, 0.25) is 0 Å². The molecule has 1 heterocycles. The SMILES string of the molecule is CNCC[C@H](Oc1ccc(F)c2sccc12)c1ccccc1. The predicted octanol–water partition coefficient (Wildman–Crippen LogP) is 4.77. The Kier molecular flexibility index (Phi) is 4.71. The van der Waals surface area contributed by atoms with Crippen LogP contribution in [0.25, 0.3) is 10.1 Å². The van der Waals surface area contributed by atoms with Gasteiger partial charge < -0.3 is 10.1 Å². The van der Waals surface area contributed by atoms with E-state index in [1.54, 1.807) is 6.07 Å². The van der Waals surface area contributed by atoms with E-state index >= 15 is 0 Å². The number of hydrogen-bond acceptors (Lipinski definition) is 3. The lowest BCUT2D eigenvalue weighted by Gasteiger charge is -2.20. The second kappa shape index (κ2) is 6.90. The van der Waals surface area contributed by atoms with Crippen molar-refractivity contribution in [3.05, 3.63) is 65.3 Å². The molecule has 22 heavy (non-hydrogen) atoms. The van der Waals surface area contributed by atoms with E-state index < -0.39 is 0 Å². The van der Waals surface area contributed by atoms with E-state index in [9.17, 15) is 4.39 Å². The van der Waals surface area contributed by atoms with Gasteiger partial charge in [-0.3, -0.25) is 0 Å². The molecule has 2 aromatic carbocycles. The lowest BCUT2D eigenvalue weighted by molar-refractivity contribution is 0.197. The molecule has 0 fully saturated rings. The average molecular weight is 315 g/mol. The van der Waals surface area contributed by atoms with Crippen molar-refractivity contribution < 1.29 is 9.13 Å². The molecule has 1 aromatic heterocycles. The molecule has 0 unspecified atom stereocenters. The zero-order valence-corrected chi connectivity index (χ0v) is 13.2. The Labute approximate surface area is 133 Å². The minimum absolute atomic E-state index is 0.0535. The fourth-order valence-electron chi connectivity index (χ4n) is 2.50. The van der Waals surface area contributed by atoms with E-state index in [0.29, 0.717) is 4.70 Å². The zero-order valence-electron chi connectivity index (χ0n) is 12.4. The molecule has 0 aliphatic carbocycles. The normalized spacial score (nSPS) is 12.5. The molecule has 0 aliphatic heterocycles. The van der Waals surface area contributed by atoms with Crippen molar-refractivity contribution in [3.8, 4) is 5.75 Å². The summed E-state index contributed by atoms with van der Waals surface area (Å²) < 4.78 is 20.7. The van der Waals surface area contributed by atoms with Gasteiger partial charge in [0.05, 0.1) is 4.70 Å². The Morgan fingerprint density at radius 1 is 1.14 bits per heavy atom. The van der Waals surface area contributed by atoms with Crippen molar-refractivity contribution in [2.45, 2.75) is 12.5 Å². The highest BCUT2D eigenvalue weighted by molar-refractivity contribution is 7.17. The van der Waals surface area contributed by atoms with Crippen molar-refractivity contribution in [1.82, 2.24) is 5.32 Å². The topological polar surface area (TPSA) is 21.3 Å². The Morgan fingerprint density at radius 2 is 1.95 bits per heavy atom. The number of rotatable bonds is 6. The molecule has 3 rings (SSSR count). The molecule has 3 aromatic rings. The van der Waals surface area contributed by atoms with E-state index in [1.807, 2.05) is 36.7 Å². The smallest absolute Gasteiger partial charge is 0.141 e. The van der Waals surface area contributed by atoms with E-state index in [1.165, 1.54) is 17.4 Å². The van der Waals surface area contributed by atoms with Gasteiger partial charge in [-0.25, -0.2) is 4.39 Å². The minimum atomic E-state index is -0.191. The highest BCUT2D eigenvalue weighted by Gasteiger charge is 2.16. The van der Waals surface area contributed by atoms with Crippen molar-refractivity contribution in [1.29, 1.82) is 0 Å². The molecule has 114 valence electrons. The summed E-state index contributed by atoms with van der Waals surface area (Å²) in [7, 11) is 1.93. The first kappa shape index (κ1) is 15.0. The van der Waals surface area contributed by atoms with Crippen LogP contribution in [0.5, 0.6) is 5.75 Å². The molecule has 0 saturated heterocycles. The molecule has 0 aliphatic rings. The van der Waals surface area contributed by atoms with Gasteiger partial charge in [-0.1, -0.05) is 30.3 Å². The van der Waals surface area contributed by atoms with E-state index in [2.05, 4.69) is 17.4 Å². The first-order chi connectivity index (χ1) is 10.8. The number of hydrogen-bond donors (Lipinski definition) is 1. The van der Waals surface area contributed by atoms with Crippen molar-refractivity contribution in [2.24, 2.45) is 0 Å². The molecule has 0 radical (unpaired) electrons. The standard InChI is InChI=1S/C18H18FNOS/c1-20-11-9-16(13-5-3-2-4-6-13)21-17-8-7-15(19)18-14(17)10-12-22-18/h2-8,10,12,16,20H,9,11H2,1H3/t16-/m0/s1. The molecule has 0 bridgehead atoms. The minimum Gasteiger partial charge on any atom is -0.485 e. The molecular weight excluding hydrogens is 297 g/mol. The number of fused-ring (bicyclic) bond motifs is 1. The van der Waals surface area contributed by atoms with Crippen LogP contribution in [-0.4, -0.2) is 13.6 Å². The largest absolute Gasteiger partial charge is 0.485 e. The van der Waals surface area contributed by atoms with Crippen LogP contribution in [-0.2, 0) is 0 Å². The number of ether oxygens (including phenoxy) is 1. The van der Waals surface area contributed by atoms with Crippen LogP contribution in [0.2, 0.25) is 0 Å². The summed E-state index contributed by atoms with van der Waals surface area (Å²) in [4.78, 5) is 0. The van der Waals surface area contributed by atoms with Crippen LogP contribution in [0, 0.1) is 5.82 Å². The van der Waals surface area contributed by atoms with Crippen LogP contribution in [0.15, 0.2) is 53.9 Å². The Morgan fingerprint density at radius 3 is 2.73 bits per heavy atom. The highest BCUT2D eigenvalue weighted by Crippen LogP contribution is 2.35. The van der Waals surface area contributed by atoms with Gasteiger partial charge in [-0.05, 0) is 42.7 Å². The fourth-order valence-corrected chi connectivity index (χ4v) is 3.31. The lowest BCUT2D eigenvalue weighted by Crippen LogP contribution is -2.16. The van der Waals surface area contributed by atoms with Crippen molar-refractivity contribution in [2.75, 3.05) is 13.6 Å². The summed E-state index contributed by atoms with van der Waals surface area (Å²) in [6, 6.07) is 15.3. The second-order valence-corrected chi connectivity index (χ2v) is 6.03. The lowest BCUT2D eigenvalue weighted by atomic mass is 10.1. The number of halogens is 1. The zero-order chi connectivity index (χ0) is 15.4. The van der Waals surface area contributed by atoms with E-state index in [4.69, 9.17) is 4.74 Å². The van der Waals surface area contributed by atoms with Gasteiger partial charge in [0.15, 0.2) is 0 Å². The third-order valence-corrected chi connectivity index (χ3v) is 4.55. The van der Waals surface area contributed by atoms with E-state index in [0.717, 1.165) is 29.7 Å². The van der Waals surface area contributed by atoms with Crippen LogP contribution in [0.3, 0.4) is 0 Å². The molecular formula is C18H18FNOS. The summed E-state index contributed by atoms with van der Waals surface area (Å²) in [6.45, 7) is 0.855. The van der Waals surface area contributed by atoms with Crippen LogP contribution >= 0.6 is 11.3 Å². The molecule has 2 nitrogen and oxygen atoms in total. The number of thiophene rings is 1. The summed E-state index contributed by atoms with van der Waals surface area (Å²) in [6.07, 6.45) is 0.797. The predicted molar refractivity (Wildman–Crippen MR) is 90.1 cm³/mol. The second-order valence-electron chi connectivity index (χ2n) is 5.12. The maximum Gasteiger partial charge on any atom is 0.141 e. The maximum absolute atomic E-state index is 13.8. The number of benzene rings is 2. The molecule has 1 N–H and O–H groups in total. The summed E-state index contributed by atoms with van der Waals surface area (Å²) in [5.74, 6) is 0.548. The molecule has 0 saturated carbocycles. The summed E-state index contributed by atoms with van der Waals surface area (Å²) in [5, 5.41) is 5.89. The molecule has 4 heteroatoms.